The van der Waals surface area contributed by atoms with Gasteiger partial charge in [-0.1, -0.05) is 30.3 Å². The molecule has 3 heterocycles. The van der Waals surface area contributed by atoms with E-state index >= 15 is 0 Å². The molecule has 1 amide bonds. The molecule has 4 aromatic rings. The van der Waals surface area contributed by atoms with Crippen molar-refractivity contribution in [1.82, 2.24) is 20.1 Å². The Labute approximate surface area is 187 Å². The van der Waals surface area contributed by atoms with Gasteiger partial charge in [-0.2, -0.15) is 5.10 Å². The van der Waals surface area contributed by atoms with Crippen LogP contribution in [0.5, 0.6) is 0 Å². The van der Waals surface area contributed by atoms with E-state index < -0.39 is 0 Å². The molecule has 0 aliphatic carbocycles. The number of carbonyl (C=O) groups excluding carboxylic acids is 1. The first-order valence-electron chi connectivity index (χ1n) is 10.9. The summed E-state index contributed by atoms with van der Waals surface area (Å²) in [5.74, 6) is 0.213. The van der Waals surface area contributed by atoms with Crippen molar-refractivity contribution in [2.75, 3.05) is 11.4 Å². The van der Waals surface area contributed by atoms with Crippen molar-refractivity contribution in [3.8, 4) is 16.9 Å². The van der Waals surface area contributed by atoms with Gasteiger partial charge in [0.2, 0.25) is 5.91 Å². The Bertz CT molecular complexity index is 1200. The maximum atomic E-state index is 12.1. The third-order valence-corrected chi connectivity index (χ3v) is 5.70. The summed E-state index contributed by atoms with van der Waals surface area (Å²) in [6, 6.07) is 22.3. The van der Waals surface area contributed by atoms with Gasteiger partial charge >= 0.3 is 0 Å². The van der Waals surface area contributed by atoms with Gasteiger partial charge in [0.05, 0.1) is 11.4 Å². The summed E-state index contributed by atoms with van der Waals surface area (Å²) in [4.78, 5) is 18.1. The molecule has 1 aliphatic rings. The average molecular weight is 424 g/mol. The fraction of sp³-hybridized carbons (Fsp3) is 0.192. The summed E-state index contributed by atoms with van der Waals surface area (Å²) in [5.41, 5.74) is 6.27. The van der Waals surface area contributed by atoms with E-state index in [1.54, 1.807) is 12.4 Å². The smallest absolute Gasteiger partial charge is 0.227 e. The van der Waals surface area contributed by atoms with E-state index in [0.29, 0.717) is 19.5 Å². The first kappa shape index (κ1) is 20.2. The van der Waals surface area contributed by atoms with Crippen LogP contribution in [0.4, 0.5) is 5.69 Å². The van der Waals surface area contributed by atoms with E-state index in [9.17, 15) is 4.79 Å². The molecular formula is C26H25N5O. The fourth-order valence-electron chi connectivity index (χ4n) is 4.10. The Morgan fingerprint density at radius 1 is 0.906 bits per heavy atom. The molecule has 2 aromatic carbocycles. The molecule has 2 aromatic heterocycles. The Kier molecular flexibility index (Phi) is 5.77. The number of pyridine rings is 1. The van der Waals surface area contributed by atoms with Crippen molar-refractivity contribution in [1.29, 1.82) is 0 Å². The minimum Gasteiger partial charge on any atom is -0.312 e. The molecule has 5 rings (SSSR count). The van der Waals surface area contributed by atoms with Crippen LogP contribution < -0.4 is 10.2 Å². The Hall–Kier alpha value is -3.77. The molecule has 0 bridgehead atoms. The zero-order chi connectivity index (χ0) is 21.8. The number of para-hydroxylation sites is 1. The van der Waals surface area contributed by atoms with Gasteiger partial charge in [-0.15, -0.1) is 0 Å². The van der Waals surface area contributed by atoms with Gasteiger partial charge in [0.1, 0.15) is 0 Å². The van der Waals surface area contributed by atoms with Crippen LogP contribution in [0.1, 0.15) is 24.0 Å². The highest BCUT2D eigenvalue weighted by molar-refractivity contribution is 5.95. The third kappa shape index (κ3) is 4.31. The minimum absolute atomic E-state index is 0.213. The first-order valence-corrected chi connectivity index (χ1v) is 10.9. The van der Waals surface area contributed by atoms with Gasteiger partial charge < -0.3 is 10.2 Å². The molecule has 160 valence electrons. The quantitative estimate of drug-likeness (QED) is 0.480. The summed E-state index contributed by atoms with van der Waals surface area (Å²) >= 11 is 0. The van der Waals surface area contributed by atoms with Crippen molar-refractivity contribution >= 4 is 11.6 Å². The number of anilines is 1. The maximum Gasteiger partial charge on any atom is 0.227 e. The normalized spacial score (nSPS) is 13.6. The number of hydrogen-bond acceptors (Lipinski definition) is 4. The number of benzene rings is 2. The zero-order valence-corrected chi connectivity index (χ0v) is 17.8. The number of nitrogens with one attached hydrogen (secondary N) is 1. The second kappa shape index (κ2) is 9.16. The lowest BCUT2D eigenvalue weighted by Gasteiger charge is -2.16. The van der Waals surface area contributed by atoms with E-state index in [4.69, 9.17) is 5.10 Å². The van der Waals surface area contributed by atoms with Gasteiger partial charge in [-0.3, -0.25) is 9.78 Å². The van der Waals surface area contributed by atoms with Crippen LogP contribution in [0.25, 0.3) is 16.9 Å². The highest BCUT2D eigenvalue weighted by atomic mass is 16.2. The SMILES string of the molecule is O=C1CCCN1c1cccc(CNCc2cn(-c3ccccc3)nc2-c2ccncc2)c1. The van der Waals surface area contributed by atoms with E-state index in [2.05, 4.69) is 28.6 Å². The molecule has 1 fully saturated rings. The molecule has 0 atom stereocenters. The fourth-order valence-corrected chi connectivity index (χ4v) is 4.10. The highest BCUT2D eigenvalue weighted by Gasteiger charge is 2.21. The lowest BCUT2D eigenvalue weighted by atomic mass is 10.1. The number of hydrogen-bond donors (Lipinski definition) is 1. The minimum atomic E-state index is 0.213. The number of rotatable bonds is 7. The Balaban J connectivity index is 1.34. The van der Waals surface area contributed by atoms with E-state index in [1.807, 2.05) is 64.2 Å². The molecule has 0 spiro atoms. The van der Waals surface area contributed by atoms with Gasteiger partial charge in [0.15, 0.2) is 0 Å². The molecule has 32 heavy (non-hydrogen) atoms. The van der Waals surface area contributed by atoms with Gasteiger partial charge in [-0.25, -0.2) is 4.68 Å². The molecular weight excluding hydrogens is 398 g/mol. The molecule has 1 saturated heterocycles. The van der Waals surface area contributed by atoms with E-state index in [1.165, 1.54) is 0 Å². The van der Waals surface area contributed by atoms with Crippen LogP contribution in [-0.4, -0.2) is 27.2 Å². The van der Waals surface area contributed by atoms with E-state index in [0.717, 1.165) is 46.7 Å². The Morgan fingerprint density at radius 3 is 2.50 bits per heavy atom. The van der Waals surface area contributed by atoms with Crippen molar-refractivity contribution in [3.05, 3.63) is 96.4 Å². The van der Waals surface area contributed by atoms with E-state index in [-0.39, 0.29) is 5.91 Å². The molecule has 6 heteroatoms. The standard InChI is InChI=1S/C26H25N5O/c32-25-10-5-15-30(25)24-9-4-6-20(16-24)17-28-18-22-19-31(23-7-2-1-3-8-23)29-26(22)21-11-13-27-14-12-21/h1-4,6-9,11-14,16,19,28H,5,10,15,17-18H2. The second-order valence-electron chi connectivity index (χ2n) is 7.94. The van der Waals surface area contributed by atoms with Gasteiger partial charge in [0, 0.05) is 61.5 Å². The topological polar surface area (TPSA) is 63.1 Å². The van der Waals surface area contributed by atoms with Crippen LogP contribution in [-0.2, 0) is 17.9 Å². The van der Waals surface area contributed by atoms with Crippen molar-refractivity contribution in [2.24, 2.45) is 0 Å². The van der Waals surface area contributed by atoms with Gasteiger partial charge in [-0.05, 0) is 48.4 Å². The molecule has 0 saturated carbocycles. The number of carbonyl (C=O) groups is 1. The lowest BCUT2D eigenvalue weighted by molar-refractivity contribution is -0.117. The molecule has 1 N–H and O–H groups in total. The van der Waals surface area contributed by atoms with Crippen LogP contribution in [0, 0.1) is 0 Å². The summed E-state index contributed by atoms with van der Waals surface area (Å²) in [6.07, 6.45) is 7.24. The molecule has 6 nitrogen and oxygen atoms in total. The van der Waals surface area contributed by atoms with Crippen LogP contribution in [0.3, 0.4) is 0 Å². The first-order chi connectivity index (χ1) is 15.8. The second-order valence-corrected chi connectivity index (χ2v) is 7.94. The summed E-state index contributed by atoms with van der Waals surface area (Å²) in [6.45, 7) is 2.20. The average Bonchev–Trinajstić information content (AvgIpc) is 3.47. The third-order valence-electron chi connectivity index (χ3n) is 5.70. The van der Waals surface area contributed by atoms with Crippen molar-refractivity contribution in [2.45, 2.75) is 25.9 Å². The van der Waals surface area contributed by atoms with Gasteiger partial charge in [0.25, 0.3) is 0 Å². The summed E-state index contributed by atoms with van der Waals surface area (Å²) in [7, 11) is 0. The molecule has 0 radical (unpaired) electrons. The molecule has 1 aliphatic heterocycles. The summed E-state index contributed by atoms with van der Waals surface area (Å²) < 4.78 is 1.92. The highest BCUT2D eigenvalue weighted by Crippen LogP contribution is 2.24. The largest absolute Gasteiger partial charge is 0.312 e. The molecule has 0 unspecified atom stereocenters. The number of amides is 1. The monoisotopic (exact) mass is 423 g/mol. The van der Waals surface area contributed by atoms with Crippen molar-refractivity contribution < 1.29 is 4.79 Å². The number of nitrogens with zero attached hydrogens (tertiary/aromatic N) is 4. The number of aromatic nitrogens is 3. The van der Waals surface area contributed by atoms with Crippen LogP contribution in [0.15, 0.2) is 85.3 Å². The van der Waals surface area contributed by atoms with Crippen molar-refractivity contribution in [3.63, 3.8) is 0 Å². The Morgan fingerprint density at radius 2 is 1.72 bits per heavy atom. The van der Waals surface area contributed by atoms with Crippen LogP contribution >= 0.6 is 0 Å². The van der Waals surface area contributed by atoms with Crippen LogP contribution in [0.2, 0.25) is 0 Å². The zero-order valence-electron chi connectivity index (χ0n) is 17.8. The predicted octanol–water partition coefficient (Wildman–Crippen LogP) is 4.35. The predicted molar refractivity (Wildman–Crippen MR) is 125 cm³/mol. The summed E-state index contributed by atoms with van der Waals surface area (Å²) in [5, 5.41) is 8.41. The lowest BCUT2D eigenvalue weighted by Crippen LogP contribution is -2.23. The maximum absolute atomic E-state index is 12.1.